The summed E-state index contributed by atoms with van der Waals surface area (Å²) in [5.41, 5.74) is -0.0562. The summed E-state index contributed by atoms with van der Waals surface area (Å²) in [6, 6.07) is 5.78. The second kappa shape index (κ2) is 9.25. The lowest BCUT2D eigenvalue weighted by Crippen LogP contribution is -2.33. The number of aliphatic hydroxyl groups is 1. The van der Waals surface area contributed by atoms with E-state index in [4.69, 9.17) is 0 Å². The fraction of sp³-hybridized carbons (Fsp3) is 0.389. The van der Waals surface area contributed by atoms with Crippen molar-refractivity contribution in [1.29, 1.82) is 0 Å². The molecule has 10 heteroatoms. The van der Waals surface area contributed by atoms with Crippen LogP contribution in [0.15, 0.2) is 44.9 Å². The number of aliphatic hydroxyl groups excluding tert-OH is 1. The van der Waals surface area contributed by atoms with Crippen LogP contribution < -0.4 is 4.72 Å². The van der Waals surface area contributed by atoms with Crippen LogP contribution in [0, 0.1) is 0 Å². The van der Waals surface area contributed by atoms with E-state index in [1.807, 2.05) is 0 Å². The smallest absolute Gasteiger partial charge is 0.392 e. The second-order valence-electron chi connectivity index (χ2n) is 6.87. The molecule has 0 radical (unpaired) electrons. The van der Waals surface area contributed by atoms with Gasteiger partial charge in [-0.05, 0) is 44.5 Å². The Balaban J connectivity index is 2.52. The minimum atomic E-state index is -4.59. The molecule has 2 rings (SSSR count). The number of halogens is 4. The van der Waals surface area contributed by atoms with Crippen molar-refractivity contribution in [3.63, 3.8) is 0 Å². The highest BCUT2D eigenvalue weighted by atomic mass is 79.9. The van der Waals surface area contributed by atoms with Gasteiger partial charge in [0.15, 0.2) is 0 Å². The summed E-state index contributed by atoms with van der Waals surface area (Å²) in [6.45, 7) is 4.96. The van der Waals surface area contributed by atoms with Crippen molar-refractivity contribution in [1.82, 2.24) is 9.71 Å². The van der Waals surface area contributed by atoms with Gasteiger partial charge < -0.3 is 5.11 Å². The van der Waals surface area contributed by atoms with E-state index in [1.54, 1.807) is 39.0 Å². The van der Waals surface area contributed by atoms with Crippen LogP contribution in [0.1, 0.15) is 37.5 Å². The molecule has 0 saturated heterocycles. The lowest BCUT2D eigenvalue weighted by Gasteiger charge is -2.21. The van der Waals surface area contributed by atoms with Crippen molar-refractivity contribution in [2.45, 2.75) is 54.8 Å². The maximum absolute atomic E-state index is 13.7. The number of hydrogen-bond acceptors (Lipinski definition) is 4. The lowest BCUT2D eigenvalue weighted by molar-refractivity contribution is -0.139. The Labute approximate surface area is 177 Å². The quantitative estimate of drug-likeness (QED) is 0.586. The van der Waals surface area contributed by atoms with Gasteiger partial charge in [-0.2, -0.15) is 13.2 Å². The number of nitrogens with one attached hydrogen (secondary N) is 1. The van der Waals surface area contributed by atoms with Crippen molar-refractivity contribution in [3.05, 3.63) is 51.6 Å². The van der Waals surface area contributed by atoms with E-state index >= 15 is 0 Å². The lowest BCUT2D eigenvalue weighted by atomic mass is 10.1. The molecule has 0 saturated carbocycles. The van der Waals surface area contributed by atoms with E-state index in [-0.39, 0.29) is 27.5 Å². The van der Waals surface area contributed by atoms with Crippen molar-refractivity contribution in [2.24, 2.45) is 0 Å². The summed E-state index contributed by atoms with van der Waals surface area (Å²) in [5, 5.41) is 9.76. The fourth-order valence-electron chi connectivity index (χ4n) is 2.21. The molecular weight excluding hydrogens is 477 g/mol. The van der Waals surface area contributed by atoms with Gasteiger partial charge in [0, 0.05) is 27.7 Å². The van der Waals surface area contributed by atoms with Crippen LogP contribution in [0.5, 0.6) is 0 Å². The number of pyridine rings is 1. The molecule has 0 amide bonds. The Hall–Kier alpha value is -0.940. The summed E-state index contributed by atoms with van der Waals surface area (Å²) in [5.74, 6) is 0. The zero-order valence-electron chi connectivity index (χ0n) is 15.4. The van der Waals surface area contributed by atoms with E-state index in [1.165, 1.54) is 6.20 Å². The second-order valence-corrected chi connectivity index (χ2v) is 10.8. The van der Waals surface area contributed by atoms with Crippen LogP contribution in [0.3, 0.4) is 0 Å². The van der Waals surface area contributed by atoms with Crippen molar-refractivity contribution in [2.75, 3.05) is 0 Å². The number of aromatic nitrogens is 1. The van der Waals surface area contributed by atoms with Crippen molar-refractivity contribution < 1.29 is 22.5 Å². The maximum Gasteiger partial charge on any atom is 0.417 e. The third-order valence-corrected chi connectivity index (χ3v) is 6.83. The minimum Gasteiger partial charge on any atom is -0.392 e. The Morgan fingerprint density at radius 2 is 1.93 bits per heavy atom. The van der Waals surface area contributed by atoms with E-state index in [0.717, 1.165) is 17.8 Å². The number of nitrogens with zero attached hydrogens (tertiary/aromatic N) is 1. The van der Waals surface area contributed by atoms with Crippen LogP contribution in [0.2, 0.25) is 0 Å². The van der Waals surface area contributed by atoms with E-state index < -0.39 is 27.5 Å². The van der Waals surface area contributed by atoms with Crippen LogP contribution >= 0.6 is 27.7 Å². The van der Waals surface area contributed by atoms with Gasteiger partial charge in [-0.15, -0.1) is 0 Å². The van der Waals surface area contributed by atoms with E-state index in [2.05, 4.69) is 25.6 Å². The topological polar surface area (TPSA) is 62.2 Å². The van der Waals surface area contributed by atoms with Gasteiger partial charge in [-0.25, -0.2) is 13.9 Å². The molecule has 1 unspecified atom stereocenters. The van der Waals surface area contributed by atoms with Gasteiger partial charge in [0.05, 0.1) is 27.9 Å². The third kappa shape index (κ3) is 6.03. The SMILES string of the molecule is CC(C)(C)S(=O)NCc1cc(Br)cc(C(F)(F)F)c1Sc1ncccc1CO. The number of alkyl halides is 3. The Morgan fingerprint density at radius 1 is 1.25 bits per heavy atom. The Bertz CT molecular complexity index is 871. The highest BCUT2D eigenvalue weighted by Crippen LogP contribution is 2.43. The Kier molecular flexibility index (Phi) is 7.71. The van der Waals surface area contributed by atoms with Gasteiger partial charge in [-0.3, -0.25) is 0 Å². The average molecular weight is 497 g/mol. The van der Waals surface area contributed by atoms with Gasteiger partial charge in [0.2, 0.25) is 0 Å². The molecule has 2 N–H and O–H groups in total. The molecule has 0 aliphatic carbocycles. The molecule has 1 aromatic heterocycles. The average Bonchev–Trinajstić information content (AvgIpc) is 2.59. The maximum atomic E-state index is 13.7. The first-order valence-electron chi connectivity index (χ1n) is 8.21. The van der Waals surface area contributed by atoms with Gasteiger partial charge in [-0.1, -0.05) is 33.8 Å². The normalized spacial score (nSPS) is 13.6. The molecule has 1 atom stereocenters. The molecule has 0 fully saturated rings. The molecule has 1 aromatic carbocycles. The van der Waals surface area contributed by atoms with Gasteiger partial charge in [0.1, 0.15) is 5.03 Å². The van der Waals surface area contributed by atoms with Crippen LogP contribution in [-0.2, 0) is 30.3 Å². The summed E-state index contributed by atoms with van der Waals surface area (Å²) >= 11 is 3.97. The zero-order chi connectivity index (χ0) is 21.1. The number of benzene rings is 1. The van der Waals surface area contributed by atoms with Gasteiger partial charge >= 0.3 is 6.18 Å². The minimum absolute atomic E-state index is 0.0178. The van der Waals surface area contributed by atoms with E-state index in [9.17, 15) is 22.5 Å². The molecule has 154 valence electrons. The molecule has 0 aliphatic heterocycles. The third-order valence-electron chi connectivity index (χ3n) is 3.60. The van der Waals surface area contributed by atoms with Crippen molar-refractivity contribution >= 4 is 38.7 Å². The van der Waals surface area contributed by atoms with Gasteiger partial charge in [0.25, 0.3) is 0 Å². The molecule has 28 heavy (non-hydrogen) atoms. The monoisotopic (exact) mass is 496 g/mol. The molecule has 2 aromatic rings. The summed E-state index contributed by atoms with van der Waals surface area (Å²) in [4.78, 5) is 4.07. The number of rotatable bonds is 6. The van der Waals surface area contributed by atoms with Crippen molar-refractivity contribution in [3.8, 4) is 0 Å². The molecule has 0 bridgehead atoms. The molecule has 1 heterocycles. The van der Waals surface area contributed by atoms with E-state index in [0.29, 0.717) is 11.1 Å². The largest absolute Gasteiger partial charge is 0.417 e. The fourth-order valence-corrected chi connectivity index (χ4v) is 4.55. The standard InChI is InChI=1S/C18H20BrF3N2O2S2/c1-17(2,3)28(26)24-9-12-7-13(19)8-14(18(20,21)22)15(12)27-16-11(10-25)5-4-6-23-16/h4-8,24-25H,9-10H2,1-3H3. The summed E-state index contributed by atoms with van der Waals surface area (Å²) < 4.78 is 55.9. The first-order chi connectivity index (χ1) is 12.9. The highest BCUT2D eigenvalue weighted by molar-refractivity contribution is 9.10. The first-order valence-corrected chi connectivity index (χ1v) is 11.0. The highest BCUT2D eigenvalue weighted by Gasteiger charge is 2.35. The van der Waals surface area contributed by atoms with Crippen LogP contribution in [-0.4, -0.2) is 19.0 Å². The summed E-state index contributed by atoms with van der Waals surface area (Å²) in [6.07, 6.45) is -3.13. The molecule has 0 aliphatic rings. The Morgan fingerprint density at radius 3 is 2.50 bits per heavy atom. The number of hydrogen-bond donors (Lipinski definition) is 2. The predicted octanol–water partition coefficient (Wildman–Crippen LogP) is 5.06. The first kappa shape index (κ1) is 23.3. The summed E-state index contributed by atoms with van der Waals surface area (Å²) in [7, 11) is -1.44. The molecule has 0 spiro atoms. The van der Waals surface area contributed by atoms with Crippen LogP contribution in [0.4, 0.5) is 13.2 Å². The molecule has 4 nitrogen and oxygen atoms in total. The predicted molar refractivity (Wildman–Crippen MR) is 108 cm³/mol. The zero-order valence-corrected chi connectivity index (χ0v) is 18.7. The molecular formula is C18H20BrF3N2O2S2. The van der Waals surface area contributed by atoms with Crippen LogP contribution in [0.25, 0.3) is 0 Å².